The molecule has 1 aliphatic carbocycles. The minimum absolute atomic E-state index is 0. The Balaban J connectivity index is 0.000000605. The van der Waals surface area contributed by atoms with E-state index < -0.39 is 0 Å². The topological polar surface area (TPSA) is 44.8 Å². The standard InChI is InChI=1S/C6H9N3O.ClH/c1-4(5-2-3-5)6(10)9-7-8-9;/h4-5H,2-3H2,1H3;1H. The first-order chi connectivity index (χ1) is 4.79. The van der Waals surface area contributed by atoms with Crippen molar-refractivity contribution >= 4 is 18.3 Å². The van der Waals surface area contributed by atoms with Crippen LogP contribution in [0.5, 0.6) is 0 Å². The van der Waals surface area contributed by atoms with Crippen LogP contribution < -0.4 is 0 Å². The predicted octanol–water partition coefficient (Wildman–Crippen LogP) is 1.58. The largest absolute Gasteiger partial charge is 0.271 e. The number of carbonyl (C=O) groups excluding carboxylic acids is 1. The Morgan fingerprint density at radius 2 is 2.09 bits per heavy atom. The molecule has 0 aromatic heterocycles. The first kappa shape index (κ1) is 8.46. The lowest BCUT2D eigenvalue weighted by Crippen LogP contribution is -2.20. The molecule has 1 amide bonds. The van der Waals surface area contributed by atoms with Crippen molar-refractivity contribution < 1.29 is 4.79 Å². The fraction of sp³-hybridized carbons (Fsp3) is 0.833. The second-order valence-electron chi connectivity index (χ2n) is 2.93. The van der Waals surface area contributed by atoms with Crippen LogP contribution in [0.1, 0.15) is 19.8 Å². The third-order valence-electron chi connectivity index (χ3n) is 2.09. The summed E-state index contributed by atoms with van der Waals surface area (Å²) in [6, 6.07) is 0. The molecule has 0 aromatic carbocycles. The van der Waals surface area contributed by atoms with Crippen LogP contribution in [0.4, 0.5) is 0 Å². The zero-order valence-corrected chi connectivity index (χ0v) is 7.04. The van der Waals surface area contributed by atoms with Crippen LogP contribution in [0.25, 0.3) is 0 Å². The van der Waals surface area contributed by atoms with E-state index in [4.69, 9.17) is 0 Å². The van der Waals surface area contributed by atoms with E-state index >= 15 is 0 Å². The van der Waals surface area contributed by atoms with E-state index in [0.29, 0.717) is 5.92 Å². The Labute approximate surface area is 71.0 Å². The second kappa shape index (κ2) is 2.77. The summed E-state index contributed by atoms with van der Waals surface area (Å²) in [5.41, 5.74) is 0. The van der Waals surface area contributed by atoms with Crippen LogP contribution in [-0.4, -0.2) is 11.0 Å². The molecule has 62 valence electrons. The first-order valence-corrected chi connectivity index (χ1v) is 3.54. The fourth-order valence-electron chi connectivity index (χ4n) is 1.09. The Morgan fingerprint density at radius 3 is 2.45 bits per heavy atom. The molecule has 1 heterocycles. The van der Waals surface area contributed by atoms with E-state index in [1.807, 2.05) is 6.92 Å². The maximum absolute atomic E-state index is 11.1. The summed E-state index contributed by atoms with van der Waals surface area (Å²) >= 11 is 0. The summed E-state index contributed by atoms with van der Waals surface area (Å²) in [5, 5.41) is 8.07. The normalized spacial score (nSPS) is 22.5. The van der Waals surface area contributed by atoms with E-state index in [0.717, 1.165) is 0 Å². The third-order valence-corrected chi connectivity index (χ3v) is 2.09. The van der Waals surface area contributed by atoms with Crippen molar-refractivity contribution in [1.29, 1.82) is 0 Å². The molecule has 2 aliphatic rings. The van der Waals surface area contributed by atoms with Crippen molar-refractivity contribution in [3.05, 3.63) is 0 Å². The summed E-state index contributed by atoms with van der Waals surface area (Å²) < 4.78 is 0. The number of halogens is 1. The molecular weight excluding hydrogens is 166 g/mol. The van der Waals surface area contributed by atoms with Crippen molar-refractivity contribution in [3.8, 4) is 0 Å². The van der Waals surface area contributed by atoms with Gasteiger partial charge in [0.05, 0.1) is 0 Å². The van der Waals surface area contributed by atoms with E-state index in [-0.39, 0.29) is 24.2 Å². The van der Waals surface area contributed by atoms with Crippen LogP contribution in [0, 0.1) is 11.8 Å². The van der Waals surface area contributed by atoms with Crippen molar-refractivity contribution in [2.75, 3.05) is 0 Å². The van der Waals surface area contributed by atoms with Crippen LogP contribution in [0.3, 0.4) is 0 Å². The second-order valence-corrected chi connectivity index (χ2v) is 2.93. The zero-order chi connectivity index (χ0) is 7.14. The van der Waals surface area contributed by atoms with Gasteiger partial charge in [0.25, 0.3) is 5.91 Å². The monoisotopic (exact) mass is 175 g/mol. The average Bonchev–Trinajstić information content (AvgIpc) is 2.73. The molecule has 1 saturated carbocycles. The minimum atomic E-state index is 0. The molecule has 0 spiro atoms. The van der Waals surface area contributed by atoms with Crippen LogP contribution in [0.2, 0.25) is 0 Å². The molecule has 0 bridgehead atoms. The number of carbonyl (C=O) groups is 1. The van der Waals surface area contributed by atoms with Gasteiger partial charge in [-0.1, -0.05) is 12.0 Å². The highest BCUT2D eigenvalue weighted by Crippen LogP contribution is 2.38. The number of hydrogen-bond acceptors (Lipinski definition) is 3. The number of hydrogen-bond donors (Lipinski definition) is 0. The lowest BCUT2D eigenvalue weighted by Gasteiger charge is -2.04. The smallest absolute Gasteiger partial charge is 0.270 e. The van der Waals surface area contributed by atoms with Gasteiger partial charge in [-0.3, -0.25) is 4.79 Å². The van der Waals surface area contributed by atoms with Crippen LogP contribution in [0.15, 0.2) is 10.4 Å². The van der Waals surface area contributed by atoms with Gasteiger partial charge in [0.1, 0.15) is 0 Å². The molecule has 0 N–H and O–H groups in total. The first-order valence-electron chi connectivity index (χ1n) is 3.54. The number of amides is 1. The van der Waals surface area contributed by atoms with Crippen LogP contribution in [-0.2, 0) is 4.79 Å². The molecule has 5 heteroatoms. The molecule has 0 radical (unpaired) electrons. The van der Waals surface area contributed by atoms with Crippen LogP contribution >= 0.6 is 12.4 Å². The Kier molecular flexibility index (Phi) is 2.13. The maximum atomic E-state index is 11.1. The minimum Gasteiger partial charge on any atom is -0.270 e. The molecule has 1 fully saturated rings. The van der Waals surface area contributed by atoms with Gasteiger partial charge in [-0.2, -0.15) is 0 Å². The molecule has 11 heavy (non-hydrogen) atoms. The van der Waals surface area contributed by atoms with Crippen molar-refractivity contribution in [1.82, 2.24) is 5.12 Å². The molecule has 1 unspecified atom stereocenters. The molecule has 4 nitrogen and oxygen atoms in total. The highest BCUT2D eigenvalue weighted by Gasteiger charge is 2.37. The Hall–Kier alpha value is -0.640. The molecule has 0 saturated heterocycles. The van der Waals surface area contributed by atoms with Gasteiger partial charge in [-0.05, 0) is 29.2 Å². The molecule has 0 aromatic rings. The highest BCUT2D eigenvalue weighted by molar-refractivity contribution is 5.85. The van der Waals surface area contributed by atoms with Gasteiger partial charge in [-0.25, -0.2) is 0 Å². The molecular formula is C6H10ClN3O. The van der Waals surface area contributed by atoms with Crippen molar-refractivity contribution in [2.45, 2.75) is 19.8 Å². The summed E-state index contributed by atoms with van der Waals surface area (Å²) in [4.78, 5) is 11.1. The van der Waals surface area contributed by atoms with Crippen molar-refractivity contribution in [3.63, 3.8) is 0 Å². The summed E-state index contributed by atoms with van der Waals surface area (Å²) in [6.07, 6.45) is 2.39. The summed E-state index contributed by atoms with van der Waals surface area (Å²) in [7, 11) is 0. The zero-order valence-electron chi connectivity index (χ0n) is 6.23. The van der Waals surface area contributed by atoms with Gasteiger partial charge in [0, 0.05) is 5.92 Å². The third kappa shape index (κ3) is 1.68. The number of nitrogens with zero attached hydrogens (tertiary/aromatic N) is 3. The summed E-state index contributed by atoms with van der Waals surface area (Å²) in [6.45, 7) is 1.95. The molecule has 1 atom stereocenters. The Bertz CT molecular complexity index is 196. The number of rotatable bonds is 2. The fourth-order valence-corrected chi connectivity index (χ4v) is 1.09. The van der Waals surface area contributed by atoms with Gasteiger partial charge >= 0.3 is 0 Å². The summed E-state index contributed by atoms with van der Waals surface area (Å²) in [5.74, 6) is 0.802. The molecule has 2 rings (SSSR count). The van der Waals surface area contributed by atoms with E-state index in [1.165, 1.54) is 18.0 Å². The average molecular weight is 176 g/mol. The maximum Gasteiger partial charge on any atom is 0.271 e. The lowest BCUT2D eigenvalue weighted by atomic mass is 10.1. The van der Waals surface area contributed by atoms with E-state index in [2.05, 4.69) is 10.4 Å². The highest BCUT2D eigenvalue weighted by atomic mass is 35.5. The van der Waals surface area contributed by atoms with E-state index in [1.54, 1.807) is 0 Å². The van der Waals surface area contributed by atoms with Crippen molar-refractivity contribution in [2.24, 2.45) is 22.3 Å². The lowest BCUT2D eigenvalue weighted by molar-refractivity contribution is -0.131. The quantitative estimate of drug-likeness (QED) is 0.629. The van der Waals surface area contributed by atoms with E-state index in [9.17, 15) is 4.79 Å². The molecule has 1 aliphatic heterocycles. The van der Waals surface area contributed by atoms with Gasteiger partial charge in [0.2, 0.25) is 0 Å². The Morgan fingerprint density at radius 1 is 1.55 bits per heavy atom. The van der Waals surface area contributed by atoms with Gasteiger partial charge in [-0.15, -0.1) is 12.4 Å². The van der Waals surface area contributed by atoms with Gasteiger partial charge < -0.3 is 0 Å². The SMILES string of the molecule is CC(C(=O)N1N=N1)C1CC1.Cl. The van der Waals surface area contributed by atoms with Gasteiger partial charge in [0.15, 0.2) is 0 Å². The predicted molar refractivity (Wildman–Crippen MR) is 40.8 cm³/mol.